The Balaban J connectivity index is 0.00000288. The van der Waals surface area contributed by atoms with Gasteiger partial charge in [0, 0.05) is 25.2 Å². The third kappa shape index (κ3) is 4.14. The number of halogens is 1. The van der Waals surface area contributed by atoms with E-state index in [1.807, 2.05) is 6.92 Å². The number of nitrogens with one attached hydrogen (secondary N) is 1. The van der Waals surface area contributed by atoms with Crippen LogP contribution >= 0.6 is 12.4 Å². The molecule has 0 spiro atoms. The predicted octanol–water partition coefficient (Wildman–Crippen LogP) is 2.20. The van der Waals surface area contributed by atoms with Gasteiger partial charge in [-0.3, -0.25) is 0 Å². The average molecular weight is 379 g/mol. The normalized spacial score (nSPS) is 17.6. The minimum Gasteiger partial charge on any atom is -0.493 e. The third-order valence-corrected chi connectivity index (χ3v) is 6.25. The van der Waals surface area contributed by atoms with Crippen LogP contribution in [-0.2, 0) is 10.0 Å². The minimum absolute atomic E-state index is 0. The highest BCUT2D eigenvalue weighted by Crippen LogP contribution is 2.34. The maximum Gasteiger partial charge on any atom is 0.243 e. The summed E-state index contributed by atoms with van der Waals surface area (Å²) in [5, 5.41) is 3.24. The van der Waals surface area contributed by atoms with Gasteiger partial charge in [0.1, 0.15) is 0 Å². The predicted molar refractivity (Wildman–Crippen MR) is 97.0 cm³/mol. The topological polar surface area (TPSA) is 67.9 Å². The van der Waals surface area contributed by atoms with Crippen molar-refractivity contribution in [1.82, 2.24) is 9.62 Å². The van der Waals surface area contributed by atoms with Gasteiger partial charge in [-0.15, -0.1) is 12.4 Å². The van der Waals surface area contributed by atoms with Gasteiger partial charge in [0.25, 0.3) is 0 Å². The van der Waals surface area contributed by atoms with Crippen molar-refractivity contribution >= 4 is 22.4 Å². The van der Waals surface area contributed by atoms with E-state index >= 15 is 0 Å². The van der Waals surface area contributed by atoms with Gasteiger partial charge in [-0.05, 0) is 37.9 Å². The van der Waals surface area contributed by atoms with Crippen molar-refractivity contribution in [1.29, 1.82) is 0 Å². The first-order valence-electron chi connectivity index (χ1n) is 7.90. The summed E-state index contributed by atoms with van der Waals surface area (Å²) in [5.41, 5.74) is 0.662. The molecule has 1 aliphatic heterocycles. The number of rotatable bonds is 7. The fraction of sp³-hybridized carbons (Fsp3) is 0.625. The first-order valence-corrected chi connectivity index (χ1v) is 9.34. The zero-order valence-corrected chi connectivity index (χ0v) is 16.3. The highest BCUT2D eigenvalue weighted by Gasteiger charge is 2.34. The maximum absolute atomic E-state index is 13.2. The molecule has 1 unspecified atom stereocenters. The Morgan fingerprint density at radius 1 is 1.25 bits per heavy atom. The van der Waals surface area contributed by atoms with Crippen molar-refractivity contribution in [2.75, 3.05) is 33.9 Å². The number of methoxy groups -OCH3 is 2. The van der Waals surface area contributed by atoms with E-state index < -0.39 is 10.0 Å². The van der Waals surface area contributed by atoms with E-state index in [-0.39, 0.29) is 23.3 Å². The van der Waals surface area contributed by atoms with E-state index in [9.17, 15) is 8.42 Å². The van der Waals surface area contributed by atoms with Crippen LogP contribution < -0.4 is 14.8 Å². The van der Waals surface area contributed by atoms with E-state index in [2.05, 4.69) is 5.32 Å². The van der Waals surface area contributed by atoms with Gasteiger partial charge in [-0.2, -0.15) is 4.31 Å². The summed E-state index contributed by atoms with van der Waals surface area (Å²) < 4.78 is 38.5. The molecule has 1 aliphatic rings. The first-order chi connectivity index (χ1) is 11.0. The smallest absolute Gasteiger partial charge is 0.243 e. The molecule has 24 heavy (non-hydrogen) atoms. The summed E-state index contributed by atoms with van der Waals surface area (Å²) in [7, 11) is -0.528. The summed E-state index contributed by atoms with van der Waals surface area (Å²) >= 11 is 0. The van der Waals surface area contributed by atoms with Crippen LogP contribution in [-0.4, -0.2) is 52.6 Å². The van der Waals surface area contributed by atoms with Crippen LogP contribution in [0.1, 0.15) is 25.3 Å². The molecule has 0 radical (unpaired) electrons. The van der Waals surface area contributed by atoms with Gasteiger partial charge in [-0.1, -0.05) is 6.92 Å². The number of aryl methyl sites for hydroxylation is 1. The second kappa shape index (κ2) is 8.89. The summed E-state index contributed by atoms with van der Waals surface area (Å²) in [5.74, 6) is 0.964. The fourth-order valence-corrected chi connectivity index (χ4v) is 4.94. The van der Waals surface area contributed by atoms with E-state index in [0.717, 1.165) is 19.4 Å². The molecule has 6 nitrogen and oxygen atoms in total. The molecule has 1 atom stereocenters. The van der Waals surface area contributed by atoms with Crippen LogP contribution in [0.5, 0.6) is 11.5 Å². The molecule has 0 saturated carbocycles. The van der Waals surface area contributed by atoms with E-state index in [1.165, 1.54) is 7.11 Å². The summed E-state index contributed by atoms with van der Waals surface area (Å²) in [6.45, 7) is 5.84. The second-order valence-corrected chi connectivity index (χ2v) is 7.59. The molecule has 0 aliphatic carbocycles. The average Bonchev–Trinajstić information content (AvgIpc) is 3.05. The van der Waals surface area contributed by atoms with E-state index in [1.54, 1.807) is 30.5 Å². The van der Waals surface area contributed by atoms with Crippen LogP contribution in [0, 0.1) is 6.92 Å². The lowest BCUT2D eigenvalue weighted by atomic mass is 10.2. The lowest BCUT2D eigenvalue weighted by molar-refractivity contribution is 0.333. The number of hydrogen-bond donors (Lipinski definition) is 1. The Kier molecular flexibility index (Phi) is 7.79. The van der Waals surface area contributed by atoms with Crippen molar-refractivity contribution in [2.45, 2.75) is 37.6 Å². The highest BCUT2D eigenvalue weighted by atomic mass is 35.5. The molecule has 138 valence electrons. The Morgan fingerprint density at radius 3 is 2.38 bits per heavy atom. The zero-order chi connectivity index (χ0) is 17.0. The lowest BCUT2D eigenvalue weighted by Gasteiger charge is -2.28. The molecule has 0 bridgehead atoms. The monoisotopic (exact) mass is 378 g/mol. The van der Waals surface area contributed by atoms with Crippen molar-refractivity contribution in [2.24, 2.45) is 0 Å². The van der Waals surface area contributed by atoms with E-state index in [4.69, 9.17) is 9.47 Å². The van der Waals surface area contributed by atoms with Gasteiger partial charge in [0.15, 0.2) is 11.5 Å². The highest BCUT2D eigenvalue weighted by molar-refractivity contribution is 7.89. The van der Waals surface area contributed by atoms with Gasteiger partial charge in [0.2, 0.25) is 10.0 Å². The first kappa shape index (κ1) is 21.0. The Labute approximate surface area is 151 Å². The zero-order valence-electron chi connectivity index (χ0n) is 14.7. The van der Waals surface area contributed by atoms with Crippen molar-refractivity contribution < 1.29 is 17.9 Å². The summed E-state index contributed by atoms with van der Waals surface area (Å²) in [6.07, 6.45) is 1.62. The van der Waals surface area contributed by atoms with Gasteiger partial charge >= 0.3 is 0 Å². The molecule has 1 N–H and O–H groups in total. The molecular formula is C16H27ClN2O4S. The van der Waals surface area contributed by atoms with Crippen LogP contribution in [0.3, 0.4) is 0 Å². The number of benzene rings is 1. The second-order valence-electron chi connectivity index (χ2n) is 5.74. The number of ether oxygens (including phenoxy) is 2. The molecule has 0 amide bonds. The minimum atomic E-state index is -3.58. The summed E-state index contributed by atoms with van der Waals surface area (Å²) in [4.78, 5) is 0.288. The Hall–Kier alpha value is -1.02. The van der Waals surface area contributed by atoms with Gasteiger partial charge < -0.3 is 14.8 Å². The van der Waals surface area contributed by atoms with E-state index in [0.29, 0.717) is 30.2 Å². The van der Waals surface area contributed by atoms with Gasteiger partial charge in [0.05, 0.1) is 19.1 Å². The number of sulfonamides is 1. The third-order valence-electron chi connectivity index (χ3n) is 4.15. The van der Waals surface area contributed by atoms with Crippen LogP contribution in [0.15, 0.2) is 17.0 Å². The molecule has 2 rings (SSSR count). The Bertz CT molecular complexity index is 646. The van der Waals surface area contributed by atoms with Crippen LogP contribution in [0.2, 0.25) is 0 Å². The standard InChI is InChI=1S/C16H26N2O4S.ClH/c1-5-8-18(13-6-7-17-11-13)23(19,20)16-10-15(22-4)14(21-3)9-12(16)2;/h9-10,13,17H,5-8,11H2,1-4H3;1H. The van der Waals surface area contributed by atoms with Crippen molar-refractivity contribution in [3.63, 3.8) is 0 Å². The lowest BCUT2D eigenvalue weighted by Crippen LogP contribution is -2.42. The van der Waals surface area contributed by atoms with Crippen LogP contribution in [0.4, 0.5) is 0 Å². The molecule has 1 aromatic rings. The molecule has 1 aromatic carbocycles. The molecule has 1 fully saturated rings. The molecular weight excluding hydrogens is 352 g/mol. The molecule has 0 aromatic heterocycles. The largest absolute Gasteiger partial charge is 0.493 e. The van der Waals surface area contributed by atoms with Crippen molar-refractivity contribution in [3.8, 4) is 11.5 Å². The number of nitrogens with zero attached hydrogens (tertiary/aromatic N) is 1. The molecule has 8 heteroatoms. The number of hydrogen-bond acceptors (Lipinski definition) is 5. The van der Waals surface area contributed by atoms with Gasteiger partial charge in [-0.25, -0.2) is 8.42 Å². The SMILES string of the molecule is CCCN(C1CCNC1)S(=O)(=O)c1cc(OC)c(OC)cc1C.Cl. The molecule has 1 saturated heterocycles. The quantitative estimate of drug-likeness (QED) is 0.787. The fourth-order valence-electron chi connectivity index (χ4n) is 2.97. The maximum atomic E-state index is 13.2. The Morgan fingerprint density at radius 2 is 1.88 bits per heavy atom. The summed E-state index contributed by atoms with van der Waals surface area (Å²) in [6, 6.07) is 3.28. The van der Waals surface area contributed by atoms with Crippen molar-refractivity contribution in [3.05, 3.63) is 17.7 Å². The molecule has 1 heterocycles. The van der Waals surface area contributed by atoms with Crippen LogP contribution in [0.25, 0.3) is 0 Å².